The van der Waals surface area contributed by atoms with Crippen molar-refractivity contribution in [3.05, 3.63) is 29.1 Å². The summed E-state index contributed by atoms with van der Waals surface area (Å²) in [5, 5.41) is 0. The first kappa shape index (κ1) is 6.13. The van der Waals surface area contributed by atoms with Gasteiger partial charge in [0.2, 0.25) is 0 Å². The molecule has 0 bridgehead atoms. The van der Waals surface area contributed by atoms with Crippen molar-refractivity contribution < 1.29 is 8.83 Å². The van der Waals surface area contributed by atoms with Crippen LogP contribution in [-0.2, 0) is 0 Å². The first-order chi connectivity index (χ1) is 4.33. The molecular formula is C6H7O3. The Labute approximate surface area is 52.3 Å². The van der Waals surface area contributed by atoms with Gasteiger partial charge in [0, 0.05) is 6.42 Å². The van der Waals surface area contributed by atoms with E-state index in [-0.39, 0.29) is 0 Å². The van der Waals surface area contributed by atoms with Gasteiger partial charge in [-0.15, -0.1) is 0 Å². The fourth-order valence-corrected chi connectivity index (χ4v) is 0.541. The third-order valence-corrected chi connectivity index (χ3v) is 0.878. The van der Waals surface area contributed by atoms with Gasteiger partial charge in [0.1, 0.15) is 6.26 Å². The summed E-state index contributed by atoms with van der Waals surface area (Å²) in [5.41, 5.74) is 0. The summed E-state index contributed by atoms with van der Waals surface area (Å²) < 4.78 is 8.91. The molecule has 1 heterocycles. The van der Waals surface area contributed by atoms with Crippen LogP contribution in [0.2, 0.25) is 0 Å². The van der Waals surface area contributed by atoms with E-state index >= 15 is 0 Å². The molecule has 0 amide bonds. The highest BCUT2D eigenvalue weighted by Crippen LogP contribution is 2.00. The van der Waals surface area contributed by atoms with E-state index in [0.717, 1.165) is 6.42 Å². The second-order valence-corrected chi connectivity index (χ2v) is 1.60. The summed E-state index contributed by atoms with van der Waals surface area (Å²) in [4.78, 5) is 10.2. The molecule has 1 rings (SSSR count). The van der Waals surface area contributed by atoms with Crippen molar-refractivity contribution in [3.63, 3.8) is 0 Å². The standard InChI is InChI=1S/C6H7O3/c1-2-3-5-4-8-6(7)9-5/h3-4H,2H2,1H3. The molecule has 0 saturated heterocycles. The molecule has 0 aliphatic carbocycles. The highest BCUT2D eigenvalue weighted by atomic mass is 16.6. The van der Waals surface area contributed by atoms with E-state index in [2.05, 4.69) is 8.83 Å². The quantitative estimate of drug-likeness (QED) is 0.599. The molecule has 0 aromatic carbocycles. The Balaban J connectivity index is 2.73. The van der Waals surface area contributed by atoms with Crippen molar-refractivity contribution in [1.82, 2.24) is 0 Å². The van der Waals surface area contributed by atoms with Crippen LogP contribution < -0.4 is 5.82 Å². The lowest BCUT2D eigenvalue weighted by molar-refractivity contribution is 0.379. The maximum atomic E-state index is 10.2. The van der Waals surface area contributed by atoms with Gasteiger partial charge in [0.15, 0.2) is 5.76 Å². The summed E-state index contributed by atoms with van der Waals surface area (Å²) in [5.74, 6) is -0.141. The normalized spacial score (nSPS) is 9.89. The van der Waals surface area contributed by atoms with Gasteiger partial charge in [0.05, 0.1) is 0 Å². The van der Waals surface area contributed by atoms with Crippen molar-refractivity contribution in [1.29, 1.82) is 0 Å². The minimum absolute atomic E-state index is 0.502. The second-order valence-electron chi connectivity index (χ2n) is 1.60. The van der Waals surface area contributed by atoms with Crippen LogP contribution in [0.4, 0.5) is 0 Å². The topological polar surface area (TPSA) is 43.4 Å². The lowest BCUT2D eigenvalue weighted by atomic mass is 10.3. The van der Waals surface area contributed by atoms with Crippen LogP contribution in [0, 0.1) is 6.42 Å². The van der Waals surface area contributed by atoms with E-state index in [0.29, 0.717) is 5.76 Å². The molecule has 0 atom stereocenters. The molecule has 0 fully saturated rings. The Morgan fingerprint density at radius 2 is 2.56 bits per heavy atom. The Hall–Kier alpha value is -0.990. The maximum Gasteiger partial charge on any atom is 0.518 e. The largest absolute Gasteiger partial charge is 0.518 e. The van der Waals surface area contributed by atoms with Gasteiger partial charge < -0.3 is 8.83 Å². The van der Waals surface area contributed by atoms with Crippen LogP contribution in [0.1, 0.15) is 19.1 Å². The van der Waals surface area contributed by atoms with Crippen LogP contribution in [-0.4, -0.2) is 0 Å². The summed E-state index contributed by atoms with van der Waals surface area (Å²) in [6.45, 7) is 1.95. The second kappa shape index (κ2) is 2.53. The van der Waals surface area contributed by atoms with Crippen molar-refractivity contribution in [3.8, 4) is 0 Å². The van der Waals surface area contributed by atoms with Gasteiger partial charge in [-0.2, -0.15) is 0 Å². The fraction of sp³-hybridized carbons (Fsp3) is 0.333. The SMILES string of the molecule is CC[CH]c1coc(=O)o1. The highest BCUT2D eigenvalue weighted by molar-refractivity contribution is 4.99. The molecule has 1 aromatic rings. The van der Waals surface area contributed by atoms with Gasteiger partial charge >= 0.3 is 5.82 Å². The third kappa shape index (κ3) is 1.45. The number of hydrogen-bond donors (Lipinski definition) is 0. The van der Waals surface area contributed by atoms with Gasteiger partial charge in [-0.1, -0.05) is 6.92 Å². The fourth-order valence-electron chi connectivity index (χ4n) is 0.541. The van der Waals surface area contributed by atoms with Crippen molar-refractivity contribution in [2.24, 2.45) is 0 Å². The lowest BCUT2D eigenvalue weighted by Crippen LogP contribution is -1.85. The molecule has 1 radical (unpaired) electrons. The van der Waals surface area contributed by atoms with Crippen molar-refractivity contribution in [2.45, 2.75) is 13.3 Å². The molecule has 3 heteroatoms. The molecule has 0 saturated carbocycles. The van der Waals surface area contributed by atoms with Gasteiger partial charge in [-0.25, -0.2) is 4.79 Å². The van der Waals surface area contributed by atoms with E-state index in [1.807, 2.05) is 6.92 Å². The van der Waals surface area contributed by atoms with Crippen LogP contribution in [0.15, 0.2) is 19.9 Å². The average Bonchev–Trinajstić information content (AvgIpc) is 2.17. The Kier molecular flexibility index (Phi) is 1.72. The molecule has 0 unspecified atom stereocenters. The Morgan fingerprint density at radius 3 is 3.00 bits per heavy atom. The molecule has 49 valence electrons. The predicted molar refractivity (Wildman–Crippen MR) is 30.9 cm³/mol. The molecule has 0 aliphatic rings. The monoisotopic (exact) mass is 127 g/mol. The Morgan fingerprint density at radius 1 is 1.78 bits per heavy atom. The molecule has 1 aromatic heterocycles. The van der Waals surface area contributed by atoms with E-state index in [1.54, 1.807) is 6.42 Å². The molecule has 9 heavy (non-hydrogen) atoms. The summed E-state index contributed by atoms with van der Waals surface area (Å²) in [6, 6.07) is 0. The zero-order valence-electron chi connectivity index (χ0n) is 5.09. The molecule has 3 nitrogen and oxygen atoms in total. The van der Waals surface area contributed by atoms with Crippen LogP contribution >= 0.6 is 0 Å². The lowest BCUT2D eigenvalue weighted by Gasteiger charge is -1.81. The smallest absolute Gasteiger partial charge is 0.399 e. The average molecular weight is 127 g/mol. The van der Waals surface area contributed by atoms with E-state index in [9.17, 15) is 4.79 Å². The maximum absolute atomic E-state index is 10.2. The van der Waals surface area contributed by atoms with Crippen LogP contribution in [0.3, 0.4) is 0 Å². The van der Waals surface area contributed by atoms with Crippen molar-refractivity contribution >= 4 is 0 Å². The zero-order valence-corrected chi connectivity index (χ0v) is 5.09. The summed E-state index contributed by atoms with van der Waals surface area (Å²) >= 11 is 0. The molecule has 0 spiro atoms. The molecule has 0 aliphatic heterocycles. The van der Waals surface area contributed by atoms with Gasteiger partial charge in [-0.3, -0.25) is 0 Å². The minimum Gasteiger partial charge on any atom is -0.399 e. The van der Waals surface area contributed by atoms with Crippen molar-refractivity contribution in [2.75, 3.05) is 0 Å². The first-order valence-corrected chi connectivity index (χ1v) is 2.74. The zero-order chi connectivity index (χ0) is 6.69. The Bertz CT molecular complexity index is 220. The highest BCUT2D eigenvalue weighted by Gasteiger charge is 1.97. The van der Waals surface area contributed by atoms with Crippen LogP contribution in [0.25, 0.3) is 0 Å². The molecule has 0 N–H and O–H groups in total. The minimum atomic E-state index is -0.644. The van der Waals surface area contributed by atoms with Gasteiger partial charge in [0.25, 0.3) is 0 Å². The summed E-state index contributed by atoms with van der Waals surface area (Å²) in [6.07, 6.45) is 3.90. The molecular weight excluding hydrogens is 120 g/mol. The van der Waals surface area contributed by atoms with E-state index < -0.39 is 5.82 Å². The third-order valence-electron chi connectivity index (χ3n) is 0.878. The van der Waals surface area contributed by atoms with E-state index in [1.165, 1.54) is 6.26 Å². The van der Waals surface area contributed by atoms with Gasteiger partial charge in [-0.05, 0) is 6.42 Å². The number of hydrogen-bond acceptors (Lipinski definition) is 3. The summed E-state index contributed by atoms with van der Waals surface area (Å²) in [7, 11) is 0. The van der Waals surface area contributed by atoms with Crippen LogP contribution in [0.5, 0.6) is 0 Å². The first-order valence-electron chi connectivity index (χ1n) is 2.74. The number of rotatable bonds is 2. The van der Waals surface area contributed by atoms with E-state index in [4.69, 9.17) is 0 Å². The predicted octanol–water partition coefficient (Wildman–Crippen LogP) is 1.20.